The summed E-state index contributed by atoms with van der Waals surface area (Å²) in [5.41, 5.74) is 1.79. The van der Waals surface area contributed by atoms with Gasteiger partial charge in [0.25, 0.3) is 5.56 Å². The molecule has 3 aliphatic rings. The van der Waals surface area contributed by atoms with Crippen LogP contribution in [0.2, 0.25) is 0 Å². The Kier molecular flexibility index (Phi) is 5.69. The van der Waals surface area contributed by atoms with Crippen LogP contribution in [0.15, 0.2) is 23.0 Å². The second kappa shape index (κ2) is 8.47. The molecule has 5 rings (SSSR count). The minimum Gasteiger partial charge on any atom is -0.454 e. The number of ether oxygens (including phenoxy) is 3. The van der Waals surface area contributed by atoms with Crippen molar-refractivity contribution in [3.8, 4) is 11.5 Å². The molecule has 2 aromatic rings. The summed E-state index contributed by atoms with van der Waals surface area (Å²) in [5.74, 6) is 2.07. The molecule has 31 heavy (non-hydrogen) atoms. The first-order valence-electron chi connectivity index (χ1n) is 11.8. The first-order chi connectivity index (χ1) is 15.0. The zero-order valence-electron chi connectivity index (χ0n) is 18.7. The number of nitrogens with one attached hydrogen (secondary N) is 1. The van der Waals surface area contributed by atoms with E-state index in [9.17, 15) is 4.79 Å². The summed E-state index contributed by atoms with van der Waals surface area (Å²) in [5, 5.41) is 4.68. The van der Waals surface area contributed by atoms with Gasteiger partial charge < -0.3 is 24.1 Å². The molecule has 1 aromatic heterocycles. The van der Waals surface area contributed by atoms with Crippen LogP contribution in [0.1, 0.15) is 64.4 Å². The van der Waals surface area contributed by atoms with Gasteiger partial charge in [-0.1, -0.05) is 19.3 Å². The van der Waals surface area contributed by atoms with E-state index in [0.29, 0.717) is 18.5 Å². The highest BCUT2D eigenvalue weighted by Gasteiger charge is 2.29. The molecule has 6 heteroatoms. The zero-order valence-corrected chi connectivity index (χ0v) is 18.7. The van der Waals surface area contributed by atoms with Gasteiger partial charge in [0.15, 0.2) is 11.5 Å². The van der Waals surface area contributed by atoms with Crippen LogP contribution in [-0.4, -0.2) is 29.6 Å². The molecular formula is C25H34N2O4. The fourth-order valence-corrected chi connectivity index (χ4v) is 5.42. The minimum absolute atomic E-state index is 0.113. The fraction of sp³-hybridized carbons (Fsp3) is 0.640. The molecule has 1 aromatic carbocycles. The number of fused-ring (bicyclic) bond motifs is 2. The number of rotatable bonds is 5. The molecule has 2 fully saturated rings. The molecule has 2 aliphatic heterocycles. The lowest BCUT2D eigenvalue weighted by atomic mass is 9.89. The van der Waals surface area contributed by atoms with Crippen LogP contribution in [0.4, 0.5) is 0 Å². The smallest absolute Gasteiger partial charge is 0.255 e. The van der Waals surface area contributed by atoms with E-state index in [1.165, 1.54) is 32.1 Å². The van der Waals surface area contributed by atoms with E-state index in [4.69, 9.17) is 14.2 Å². The molecule has 1 aliphatic carbocycles. The number of aromatic nitrogens is 1. The van der Waals surface area contributed by atoms with Gasteiger partial charge in [-0.2, -0.15) is 0 Å². The van der Waals surface area contributed by atoms with Gasteiger partial charge in [0.05, 0.1) is 11.1 Å². The summed E-state index contributed by atoms with van der Waals surface area (Å²) in [6.07, 6.45) is 8.20. The lowest BCUT2D eigenvalue weighted by molar-refractivity contribution is -0.0630. The van der Waals surface area contributed by atoms with E-state index in [2.05, 4.69) is 19.2 Å². The highest BCUT2D eigenvalue weighted by Crippen LogP contribution is 2.36. The molecule has 0 spiro atoms. The molecule has 1 saturated carbocycles. The van der Waals surface area contributed by atoms with E-state index in [0.717, 1.165) is 54.0 Å². The van der Waals surface area contributed by atoms with Gasteiger partial charge in [-0.3, -0.25) is 4.79 Å². The Morgan fingerprint density at radius 2 is 1.84 bits per heavy atom. The third-order valence-electron chi connectivity index (χ3n) is 7.11. The van der Waals surface area contributed by atoms with Crippen molar-refractivity contribution in [2.75, 3.05) is 13.4 Å². The van der Waals surface area contributed by atoms with Crippen molar-refractivity contribution in [2.24, 2.45) is 5.92 Å². The van der Waals surface area contributed by atoms with Crippen molar-refractivity contribution in [3.63, 3.8) is 0 Å². The largest absolute Gasteiger partial charge is 0.454 e. The lowest BCUT2D eigenvalue weighted by Crippen LogP contribution is -2.44. The van der Waals surface area contributed by atoms with Gasteiger partial charge in [-0.15, -0.1) is 0 Å². The zero-order chi connectivity index (χ0) is 21.4. The summed E-state index contributed by atoms with van der Waals surface area (Å²) in [6, 6.07) is 6.41. The van der Waals surface area contributed by atoms with Gasteiger partial charge >= 0.3 is 0 Å². The number of hydrogen-bond acceptors (Lipinski definition) is 5. The quantitative estimate of drug-likeness (QED) is 0.770. The minimum atomic E-state index is -0.113. The molecule has 6 nitrogen and oxygen atoms in total. The maximum Gasteiger partial charge on any atom is 0.255 e. The summed E-state index contributed by atoms with van der Waals surface area (Å²) in [7, 11) is 0. The van der Waals surface area contributed by atoms with Crippen LogP contribution in [0.25, 0.3) is 10.9 Å². The van der Waals surface area contributed by atoms with Crippen molar-refractivity contribution < 1.29 is 14.2 Å². The number of benzene rings is 1. The summed E-state index contributed by atoms with van der Waals surface area (Å²) in [6.45, 7) is 6.64. The second-order valence-electron chi connectivity index (χ2n) is 10.0. The third-order valence-corrected chi connectivity index (χ3v) is 7.11. The van der Waals surface area contributed by atoms with Gasteiger partial charge in [-0.05, 0) is 57.6 Å². The van der Waals surface area contributed by atoms with Gasteiger partial charge in [0.1, 0.15) is 0 Å². The molecule has 168 valence electrons. The third kappa shape index (κ3) is 4.46. The Balaban J connectivity index is 1.46. The molecule has 0 bridgehead atoms. The molecule has 1 atom stereocenters. The molecule has 0 amide bonds. The van der Waals surface area contributed by atoms with Crippen LogP contribution in [0.5, 0.6) is 11.5 Å². The van der Waals surface area contributed by atoms with E-state index < -0.39 is 0 Å². The Morgan fingerprint density at radius 1 is 1.06 bits per heavy atom. The SMILES string of the molecule is CC1(C)CC(NCc2cc3cc4c(cc3n(CC3CCCCC3)c2=O)OCO4)CCO1. The van der Waals surface area contributed by atoms with Gasteiger partial charge in [0, 0.05) is 42.8 Å². The first-order valence-corrected chi connectivity index (χ1v) is 11.8. The Bertz CT molecular complexity index is 1010. The van der Waals surface area contributed by atoms with Gasteiger partial charge in [0.2, 0.25) is 6.79 Å². The first kappa shape index (κ1) is 20.8. The predicted molar refractivity (Wildman–Crippen MR) is 121 cm³/mol. The lowest BCUT2D eigenvalue weighted by Gasteiger charge is -2.36. The van der Waals surface area contributed by atoms with Crippen molar-refractivity contribution >= 4 is 10.9 Å². The summed E-state index contributed by atoms with van der Waals surface area (Å²) in [4.78, 5) is 13.6. The van der Waals surface area contributed by atoms with E-state index in [1.54, 1.807) is 0 Å². The number of pyridine rings is 1. The van der Waals surface area contributed by atoms with Crippen LogP contribution in [0, 0.1) is 5.92 Å². The van der Waals surface area contributed by atoms with Crippen LogP contribution in [-0.2, 0) is 17.8 Å². The van der Waals surface area contributed by atoms with Crippen LogP contribution >= 0.6 is 0 Å². The molecule has 0 radical (unpaired) electrons. The molecular weight excluding hydrogens is 392 g/mol. The summed E-state index contributed by atoms with van der Waals surface area (Å²) >= 11 is 0. The van der Waals surface area contributed by atoms with Crippen LogP contribution in [0.3, 0.4) is 0 Å². The van der Waals surface area contributed by atoms with Crippen molar-refractivity contribution in [2.45, 2.75) is 83.5 Å². The topological polar surface area (TPSA) is 61.7 Å². The second-order valence-corrected chi connectivity index (χ2v) is 10.0. The number of nitrogens with zero attached hydrogens (tertiary/aromatic N) is 1. The molecule has 1 saturated heterocycles. The van der Waals surface area contributed by atoms with Crippen molar-refractivity contribution in [1.29, 1.82) is 0 Å². The highest BCUT2D eigenvalue weighted by atomic mass is 16.7. The standard InChI is InChI=1S/C25H34N2O4/c1-25(2)13-20(8-9-31-25)26-14-19-10-18-11-22-23(30-16-29-22)12-21(18)27(24(19)28)15-17-6-4-3-5-7-17/h10-12,17,20,26H,3-9,13-16H2,1-2H3. The summed E-state index contributed by atoms with van der Waals surface area (Å²) < 4.78 is 19.1. The van der Waals surface area contributed by atoms with E-state index >= 15 is 0 Å². The van der Waals surface area contributed by atoms with Crippen LogP contribution < -0.4 is 20.3 Å². The Hall–Kier alpha value is -2.05. The average Bonchev–Trinajstić information content (AvgIpc) is 3.21. The van der Waals surface area contributed by atoms with Crippen molar-refractivity contribution in [1.82, 2.24) is 9.88 Å². The van der Waals surface area contributed by atoms with E-state index in [1.807, 2.05) is 22.8 Å². The fourth-order valence-electron chi connectivity index (χ4n) is 5.42. The molecule has 1 N–H and O–H groups in total. The van der Waals surface area contributed by atoms with E-state index in [-0.39, 0.29) is 18.0 Å². The maximum absolute atomic E-state index is 13.6. The Morgan fingerprint density at radius 3 is 2.61 bits per heavy atom. The van der Waals surface area contributed by atoms with Crippen molar-refractivity contribution in [3.05, 3.63) is 34.1 Å². The highest BCUT2D eigenvalue weighted by molar-refractivity contribution is 5.84. The molecule has 1 unspecified atom stereocenters. The Labute approximate surface area is 183 Å². The number of hydrogen-bond donors (Lipinski definition) is 1. The average molecular weight is 427 g/mol. The normalized spacial score (nSPS) is 23.4. The molecule has 3 heterocycles. The maximum atomic E-state index is 13.6. The monoisotopic (exact) mass is 426 g/mol. The van der Waals surface area contributed by atoms with Gasteiger partial charge in [-0.25, -0.2) is 0 Å². The predicted octanol–water partition coefficient (Wildman–Crippen LogP) is 4.36.